The molecule has 2 aromatic heterocycles. The number of hydrogen-bond acceptors (Lipinski definition) is 9. The summed E-state index contributed by atoms with van der Waals surface area (Å²) in [5.74, 6) is 1.24. The lowest BCUT2D eigenvalue weighted by Crippen LogP contribution is -2.47. The van der Waals surface area contributed by atoms with E-state index in [1.165, 1.54) is 15.4 Å². The molecule has 0 unspecified atom stereocenters. The Morgan fingerprint density at radius 3 is 2.58 bits per heavy atom. The van der Waals surface area contributed by atoms with Crippen molar-refractivity contribution in [2.45, 2.75) is 13.5 Å². The minimum absolute atomic E-state index is 0.165. The Labute approximate surface area is 256 Å². The highest BCUT2D eigenvalue weighted by molar-refractivity contribution is 8.26. The fourth-order valence-corrected chi connectivity index (χ4v) is 6.76. The third-order valence-electron chi connectivity index (χ3n) is 7.76. The van der Waals surface area contributed by atoms with E-state index in [1.807, 2.05) is 47.1 Å². The zero-order valence-electron chi connectivity index (χ0n) is 23.2. The number of piperazine rings is 1. The van der Waals surface area contributed by atoms with Gasteiger partial charge in [0, 0.05) is 32.4 Å². The SMILES string of the molecule is Cc1cccn2c(=O)c(/C=C3/SC(=S)N(Cc4ccc5c(c4)OCO5)C3=O)c(N3CCN(c4ccccc4F)CC3)nc12. The number of thiocarbonyl (C=S) groups is 1. The number of para-hydroxylation sites is 1. The van der Waals surface area contributed by atoms with Crippen LogP contribution in [0.2, 0.25) is 0 Å². The molecule has 2 saturated heterocycles. The molecule has 218 valence electrons. The van der Waals surface area contributed by atoms with E-state index >= 15 is 0 Å². The maximum absolute atomic E-state index is 14.5. The third-order valence-corrected chi connectivity index (χ3v) is 9.14. The monoisotopic (exact) mass is 615 g/mol. The van der Waals surface area contributed by atoms with Crippen molar-refractivity contribution in [3.63, 3.8) is 0 Å². The second-order valence-electron chi connectivity index (χ2n) is 10.4. The van der Waals surface area contributed by atoms with Gasteiger partial charge in [-0.05, 0) is 54.5 Å². The third kappa shape index (κ3) is 5.00. The zero-order chi connectivity index (χ0) is 29.7. The second-order valence-corrected chi connectivity index (χ2v) is 12.1. The number of thioether (sulfide) groups is 1. The molecule has 7 rings (SSSR count). The molecule has 0 spiro atoms. The van der Waals surface area contributed by atoms with E-state index < -0.39 is 0 Å². The van der Waals surface area contributed by atoms with E-state index in [9.17, 15) is 14.0 Å². The van der Waals surface area contributed by atoms with Gasteiger partial charge in [-0.25, -0.2) is 9.37 Å². The molecule has 2 aromatic carbocycles. The van der Waals surface area contributed by atoms with Crippen molar-refractivity contribution in [1.29, 1.82) is 0 Å². The van der Waals surface area contributed by atoms with Gasteiger partial charge in [0.1, 0.15) is 21.6 Å². The topological polar surface area (TPSA) is 79.6 Å². The lowest BCUT2D eigenvalue weighted by molar-refractivity contribution is -0.122. The van der Waals surface area contributed by atoms with Crippen LogP contribution in [0.4, 0.5) is 15.9 Å². The van der Waals surface area contributed by atoms with Gasteiger partial charge in [0.05, 0.1) is 22.7 Å². The van der Waals surface area contributed by atoms with E-state index in [1.54, 1.807) is 30.5 Å². The number of pyridine rings is 1. The quantitative estimate of drug-likeness (QED) is 0.237. The van der Waals surface area contributed by atoms with Crippen molar-refractivity contribution in [2.24, 2.45) is 0 Å². The number of amides is 1. The van der Waals surface area contributed by atoms with Gasteiger partial charge in [0.2, 0.25) is 6.79 Å². The molecule has 3 aliphatic rings. The first kappa shape index (κ1) is 27.4. The summed E-state index contributed by atoms with van der Waals surface area (Å²) in [6.07, 6.45) is 3.29. The summed E-state index contributed by atoms with van der Waals surface area (Å²) in [4.78, 5) is 38.4. The molecule has 0 radical (unpaired) electrons. The minimum atomic E-state index is -0.281. The largest absolute Gasteiger partial charge is 0.454 e. The van der Waals surface area contributed by atoms with Crippen LogP contribution in [0, 0.1) is 12.7 Å². The van der Waals surface area contributed by atoms with Crippen LogP contribution in [0.1, 0.15) is 16.7 Å². The molecular formula is C31H26FN5O4S2. The number of hydrogen-bond donors (Lipinski definition) is 0. The Balaban J connectivity index is 1.22. The fraction of sp³-hybridized carbons (Fsp3) is 0.226. The van der Waals surface area contributed by atoms with E-state index in [-0.39, 0.29) is 30.6 Å². The van der Waals surface area contributed by atoms with Crippen LogP contribution in [0.3, 0.4) is 0 Å². The van der Waals surface area contributed by atoms with Crippen LogP contribution in [-0.4, -0.2) is 57.5 Å². The van der Waals surface area contributed by atoms with Crippen LogP contribution < -0.4 is 24.8 Å². The Morgan fingerprint density at radius 1 is 1.00 bits per heavy atom. The van der Waals surface area contributed by atoms with Crippen molar-refractivity contribution in [3.8, 4) is 11.5 Å². The Morgan fingerprint density at radius 2 is 1.77 bits per heavy atom. The lowest BCUT2D eigenvalue weighted by Gasteiger charge is -2.37. The number of ether oxygens (including phenoxy) is 2. The molecule has 0 bridgehead atoms. The van der Waals surface area contributed by atoms with Gasteiger partial charge in [-0.2, -0.15) is 0 Å². The van der Waals surface area contributed by atoms with Crippen LogP contribution in [0.25, 0.3) is 11.7 Å². The van der Waals surface area contributed by atoms with Gasteiger partial charge in [0.15, 0.2) is 11.5 Å². The molecule has 2 fully saturated rings. The molecular weight excluding hydrogens is 590 g/mol. The molecule has 3 aliphatic heterocycles. The summed E-state index contributed by atoms with van der Waals surface area (Å²) in [6.45, 7) is 4.47. The van der Waals surface area contributed by atoms with E-state index in [4.69, 9.17) is 26.7 Å². The molecule has 0 atom stereocenters. The van der Waals surface area contributed by atoms with Crippen molar-refractivity contribution in [1.82, 2.24) is 14.3 Å². The van der Waals surface area contributed by atoms with Gasteiger partial charge in [-0.1, -0.05) is 48.2 Å². The highest BCUT2D eigenvalue weighted by atomic mass is 32.2. The number of halogens is 1. The van der Waals surface area contributed by atoms with Gasteiger partial charge in [0.25, 0.3) is 11.5 Å². The number of aromatic nitrogens is 2. The predicted octanol–water partition coefficient (Wildman–Crippen LogP) is 4.60. The van der Waals surface area contributed by atoms with E-state index in [0.29, 0.717) is 69.6 Å². The fourth-order valence-electron chi connectivity index (χ4n) is 5.52. The zero-order valence-corrected chi connectivity index (χ0v) is 24.8. The molecule has 0 saturated carbocycles. The number of fused-ring (bicyclic) bond motifs is 2. The van der Waals surface area contributed by atoms with Gasteiger partial charge < -0.3 is 19.3 Å². The highest BCUT2D eigenvalue weighted by Gasteiger charge is 2.34. The van der Waals surface area contributed by atoms with Gasteiger partial charge in [-0.3, -0.25) is 18.9 Å². The second kappa shape index (κ2) is 11.0. The molecule has 4 aromatic rings. The minimum Gasteiger partial charge on any atom is -0.454 e. The maximum Gasteiger partial charge on any atom is 0.267 e. The molecule has 0 aliphatic carbocycles. The van der Waals surface area contributed by atoms with Crippen LogP contribution in [0.5, 0.6) is 11.5 Å². The Bertz CT molecular complexity index is 1890. The average Bonchev–Trinajstić information content (AvgIpc) is 3.59. The predicted molar refractivity (Wildman–Crippen MR) is 168 cm³/mol. The first-order chi connectivity index (χ1) is 20.9. The van der Waals surface area contributed by atoms with Crippen molar-refractivity contribution in [3.05, 3.63) is 98.6 Å². The molecule has 9 nitrogen and oxygen atoms in total. The summed E-state index contributed by atoms with van der Waals surface area (Å²) in [5.41, 5.74) is 2.83. The number of carbonyl (C=O) groups excluding carboxylic acids is 1. The molecule has 12 heteroatoms. The summed E-state index contributed by atoms with van der Waals surface area (Å²) in [6, 6.07) is 15.9. The van der Waals surface area contributed by atoms with Gasteiger partial charge >= 0.3 is 0 Å². The molecule has 1 amide bonds. The summed E-state index contributed by atoms with van der Waals surface area (Å²) < 4.78 is 27.3. The van der Waals surface area contributed by atoms with Gasteiger partial charge in [-0.15, -0.1) is 0 Å². The van der Waals surface area contributed by atoms with Crippen molar-refractivity contribution in [2.75, 3.05) is 42.8 Å². The number of anilines is 2. The number of aryl methyl sites for hydroxylation is 1. The lowest BCUT2D eigenvalue weighted by atomic mass is 10.1. The smallest absolute Gasteiger partial charge is 0.267 e. The number of carbonyl (C=O) groups is 1. The number of rotatable bonds is 5. The molecule has 5 heterocycles. The van der Waals surface area contributed by atoms with E-state index in [2.05, 4.69) is 0 Å². The molecule has 0 N–H and O–H groups in total. The summed E-state index contributed by atoms with van der Waals surface area (Å²) in [5, 5.41) is 0. The van der Waals surface area contributed by atoms with Crippen LogP contribution >= 0.6 is 24.0 Å². The van der Waals surface area contributed by atoms with E-state index in [0.717, 1.165) is 22.9 Å². The van der Waals surface area contributed by atoms with Crippen LogP contribution in [0.15, 0.2) is 70.5 Å². The summed E-state index contributed by atoms with van der Waals surface area (Å²) in [7, 11) is 0. The normalized spacial score (nSPS) is 17.5. The average molecular weight is 616 g/mol. The standard InChI is InChI=1S/C31H26FN5O4S2/c1-19-5-4-10-36-27(19)33-28(35-13-11-34(12-14-35)23-7-3-2-6-22(23)32)21(29(36)38)16-26-30(39)37(31(42)43-26)17-20-8-9-24-25(15-20)41-18-40-24/h2-10,15-16H,11-14,17-18H2,1H3/b26-16+. The molecule has 43 heavy (non-hydrogen) atoms. The van der Waals surface area contributed by atoms with Crippen LogP contribution in [-0.2, 0) is 11.3 Å². The first-order valence-electron chi connectivity index (χ1n) is 13.8. The Kier molecular flexibility index (Phi) is 7.02. The van der Waals surface area contributed by atoms with Crippen molar-refractivity contribution >= 4 is 57.4 Å². The maximum atomic E-state index is 14.5. The Hall–Kier alpha value is -4.42. The highest BCUT2D eigenvalue weighted by Crippen LogP contribution is 2.37. The summed E-state index contributed by atoms with van der Waals surface area (Å²) >= 11 is 6.75. The number of benzene rings is 2. The number of nitrogens with zero attached hydrogens (tertiary/aromatic N) is 5. The first-order valence-corrected chi connectivity index (χ1v) is 15.0. The van der Waals surface area contributed by atoms with Crippen molar-refractivity contribution < 1.29 is 18.7 Å².